The maximum atomic E-state index is 11.9. The van der Waals surface area contributed by atoms with E-state index in [9.17, 15) is 8.42 Å². The van der Waals surface area contributed by atoms with Crippen LogP contribution >= 0.6 is 15.9 Å². The lowest BCUT2D eigenvalue weighted by Crippen LogP contribution is -2.34. The molecular weight excluding hydrogens is 294 g/mol. The number of halogens is 1. The van der Waals surface area contributed by atoms with Crippen molar-refractivity contribution < 1.29 is 13.5 Å². The molecule has 1 heterocycles. The van der Waals surface area contributed by atoms with Crippen LogP contribution in [0.5, 0.6) is 0 Å². The van der Waals surface area contributed by atoms with Crippen molar-refractivity contribution in [3.8, 4) is 0 Å². The summed E-state index contributed by atoms with van der Waals surface area (Å²) in [7, 11) is -3.22. The summed E-state index contributed by atoms with van der Waals surface area (Å²) >= 11 is 3.30. The molecule has 2 N–H and O–H groups in total. The Kier molecular flexibility index (Phi) is 3.23. The van der Waals surface area contributed by atoms with Crippen molar-refractivity contribution in [1.29, 1.82) is 0 Å². The first kappa shape index (κ1) is 11.9. The molecule has 1 aliphatic heterocycles. The highest BCUT2D eigenvalue weighted by Crippen LogP contribution is 2.31. The highest BCUT2D eigenvalue weighted by Gasteiger charge is 2.29. The molecule has 4 nitrogen and oxygen atoms in total. The van der Waals surface area contributed by atoms with Gasteiger partial charge in [-0.15, -0.1) is 0 Å². The van der Waals surface area contributed by atoms with Crippen LogP contribution in [-0.4, -0.2) is 31.9 Å². The summed E-state index contributed by atoms with van der Waals surface area (Å²) in [6.45, 7) is -0.0173. The van der Waals surface area contributed by atoms with Gasteiger partial charge in [-0.1, -0.05) is 15.9 Å². The van der Waals surface area contributed by atoms with Crippen LogP contribution in [0.4, 0.5) is 5.69 Å². The Hall–Kier alpha value is -0.590. The SMILES string of the molecule is O=S1(=O)CC(CCO)Nc2cc(Br)ccc21. The summed E-state index contributed by atoms with van der Waals surface area (Å²) < 4.78 is 24.7. The maximum absolute atomic E-state index is 11.9. The van der Waals surface area contributed by atoms with Crippen molar-refractivity contribution in [3.05, 3.63) is 22.7 Å². The van der Waals surface area contributed by atoms with Gasteiger partial charge in [0.2, 0.25) is 0 Å². The second-order valence-corrected chi connectivity index (χ2v) is 6.69. The van der Waals surface area contributed by atoms with E-state index in [0.29, 0.717) is 17.0 Å². The van der Waals surface area contributed by atoms with Crippen LogP contribution in [0, 0.1) is 0 Å². The number of hydrogen-bond donors (Lipinski definition) is 2. The van der Waals surface area contributed by atoms with E-state index < -0.39 is 9.84 Å². The Bertz CT molecular complexity index is 501. The van der Waals surface area contributed by atoms with E-state index in [2.05, 4.69) is 21.2 Å². The number of nitrogens with one attached hydrogen (secondary N) is 1. The third kappa shape index (κ3) is 2.23. The molecule has 16 heavy (non-hydrogen) atoms. The summed E-state index contributed by atoms with van der Waals surface area (Å²) in [6, 6.07) is 4.84. The molecular formula is C10H12BrNO3S. The van der Waals surface area contributed by atoms with Gasteiger partial charge in [0.1, 0.15) is 0 Å². The highest BCUT2D eigenvalue weighted by molar-refractivity contribution is 9.10. The smallest absolute Gasteiger partial charge is 0.182 e. The molecule has 2 rings (SSSR count). The van der Waals surface area contributed by atoms with Crippen LogP contribution in [0.15, 0.2) is 27.6 Å². The van der Waals surface area contributed by atoms with Gasteiger partial charge in [0.05, 0.1) is 16.3 Å². The van der Waals surface area contributed by atoms with Crippen LogP contribution in [-0.2, 0) is 9.84 Å². The minimum atomic E-state index is -3.22. The number of sulfone groups is 1. The average molecular weight is 306 g/mol. The Morgan fingerprint density at radius 1 is 1.50 bits per heavy atom. The van der Waals surface area contributed by atoms with Crippen LogP contribution < -0.4 is 5.32 Å². The number of anilines is 1. The van der Waals surface area contributed by atoms with Gasteiger partial charge in [-0.2, -0.15) is 0 Å². The number of hydrogen-bond acceptors (Lipinski definition) is 4. The second kappa shape index (κ2) is 4.35. The van der Waals surface area contributed by atoms with Crippen molar-refractivity contribution in [2.24, 2.45) is 0 Å². The Labute approximate surface area is 103 Å². The topological polar surface area (TPSA) is 66.4 Å². The third-order valence-electron chi connectivity index (χ3n) is 2.53. The predicted octanol–water partition coefficient (Wildman–Crippen LogP) is 1.40. The number of fused-ring (bicyclic) bond motifs is 1. The Morgan fingerprint density at radius 3 is 2.94 bits per heavy atom. The van der Waals surface area contributed by atoms with Gasteiger partial charge in [-0.25, -0.2) is 8.42 Å². The van der Waals surface area contributed by atoms with Crippen molar-refractivity contribution >= 4 is 31.5 Å². The van der Waals surface area contributed by atoms with E-state index >= 15 is 0 Å². The van der Waals surface area contributed by atoms with Crippen LogP contribution in [0.1, 0.15) is 6.42 Å². The summed E-state index contributed by atoms with van der Waals surface area (Å²) in [5.74, 6) is 0.0438. The summed E-state index contributed by atoms with van der Waals surface area (Å²) in [5, 5.41) is 12.0. The van der Waals surface area contributed by atoms with Gasteiger partial charge in [-0.3, -0.25) is 0 Å². The molecule has 0 spiro atoms. The second-order valence-electron chi connectivity index (χ2n) is 3.78. The van der Waals surface area contributed by atoms with Gasteiger partial charge in [-0.05, 0) is 24.6 Å². The molecule has 1 aromatic rings. The van der Waals surface area contributed by atoms with Crippen molar-refractivity contribution in [1.82, 2.24) is 0 Å². The van der Waals surface area contributed by atoms with Crippen LogP contribution in [0.3, 0.4) is 0 Å². The summed E-state index contributed by atoms with van der Waals surface area (Å²) in [6.07, 6.45) is 0.436. The van der Waals surface area contributed by atoms with Gasteiger partial charge in [0.25, 0.3) is 0 Å². The quantitative estimate of drug-likeness (QED) is 0.867. The van der Waals surface area contributed by atoms with Gasteiger partial charge >= 0.3 is 0 Å². The van der Waals surface area contributed by atoms with E-state index in [1.165, 1.54) is 0 Å². The maximum Gasteiger partial charge on any atom is 0.182 e. The van der Waals surface area contributed by atoms with E-state index in [4.69, 9.17) is 5.11 Å². The molecule has 0 amide bonds. The van der Waals surface area contributed by atoms with Crippen molar-refractivity contribution in [2.45, 2.75) is 17.4 Å². The largest absolute Gasteiger partial charge is 0.396 e. The summed E-state index contributed by atoms with van der Waals surface area (Å²) in [4.78, 5) is 0.338. The van der Waals surface area contributed by atoms with E-state index in [1.807, 2.05) is 0 Å². The normalized spacial score (nSPS) is 22.2. The molecule has 6 heteroatoms. The van der Waals surface area contributed by atoms with Crippen molar-refractivity contribution in [2.75, 3.05) is 17.7 Å². The molecule has 0 aliphatic carbocycles. The minimum absolute atomic E-state index is 0.0173. The first-order valence-electron chi connectivity index (χ1n) is 4.92. The molecule has 1 atom stereocenters. The number of benzene rings is 1. The van der Waals surface area contributed by atoms with Gasteiger partial charge in [0, 0.05) is 17.1 Å². The average Bonchev–Trinajstić information content (AvgIpc) is 2.15. The van der Waals surface area contributed by atoms with Crippen LogP contribution in [0.2, 0.25) is 0 Å². The summed E-state index contributed by atoms with van der Waals surface area (Å²) in [5.41, 5.74) is 0.610. The molecule has 0 saturated carbocycles. The van der Waals surface area contributed by atoms with Gasteiger partial charge < -0.3 is 10.4 Å². The van der Waals surface area contributed by atoms with E-state index in [0.717, 1.165) is 4.47 Å². The molecule has 0 radical (unpaired) electrons. The molecule has 0 saturated heterocycles. The molecule has 0 bridgehead atoms. The Balaban J connectivity index is 2.44. The molecule has 1 unspecified atom stereocenters. The van der Waals surface area contributed by atoms with E-state index in [1.54, 1.807) is 18.2 Å². The Morgan fingerprint density at radius 2 is 2.25 bits per heavy atom. The lowest BCUT2D eigenvalue weighted by atomic mass is 10.2. The standard InChI is InChI=1S/C10H12BrNO3S/c11-7-1-2-10-9(5-7)12-8(3-4-13)6-16(10,14)15/h1-2,5,8,12-13H,3-4,6H2. The van der Waals surface area contributed by atoms with Crippen LogP contribution in [0.25, 0.3) is 0 Å². The van der Waals surface area contributed by atoms with Crippen molar-refractivity contribution in [3.63, 3.8) is 0 Å². The predicted molar refractivity (Wildman–Crippen MR) is 65.3 cm³/mol. The first-order chi connectivity index (χ1) is 7.53. The zero-order valence-electron chi connectivity index (χ0n) is 8.48. The number of aliphatic hydroxyl groups is 1. The molecule has 1 aliphatic rings. The molecule has 88 valence electrons. The lowest BCUT2D eigenvalue weighted by Gasteiger charge is -2.26. The fourth-order valence-electron chi connectivity index (χ4n) is 1.81. The number of aliphatic hydroxyl groups excluding tert-OH is 1. The highest BCUT2D eigenvalue weighted by atomic mass is 79.9. The minimum Gasteiger partial charge on any atom is -0.396 e. The molecule has 0 fully saturated rings. The zero-order chi connectivity index (χ0) is 11.8. The first-order valence-corrected chi connectivity index (χ1v) is 7.37. The lowest BCUT2D eigenvalue weighted by molar-refractivity contribution is 0.282. The fourth-order valence-corrected chi connectivity index (χ4v) is 3.86. The number of rotatable bonds is 2. The van der Waals surface area contributed by atoms with Gasteiger partial charge in [0.15, 0.2) is 9.84 Å². The zero-order valence-corrected chi connectivity index (χ0v) is 10.9. The van der Waals surface area contributed by atoms with E-state index in [-0.39, 0.29) is 18.4 Å². The molecule has 0 aromatic heterocycles. The monoisotopic (exact) mass is 305 g/mol. The molecule has 1 aromatic carbocycles. The third-order valence-corrected chi connectivity index (χ3v) is 4.90. The fraction of sp³-hybridized carbons (Fsp3) is 0.400.